The van der Waals surface area contributed by atoms with Crippen LogP contribution < -0.4 is 10.9 Å². The predicted octanol–water partition coefficient (Wildman–Crippen LogP) is 0.909. The number of carbonyl (C=O) groups excluding carboxylic acids is 1. The molecule has 2 aromatic rings. The number of anilines is 1. The molecule has 6 nitrogen and oxygen atoms in total. The van der Waals surface area contributed by atoms with E-state index < -0.39 is 0 Å². The van der Waals surface area contributed by atoms with Crippen LogP contribution in [0.5, 0.6) is 0 Å². The van der Waals surface area contributed by atoms with Gasteiger partial charge in [0.25, 0.3) is 5.56 Å². The van der Waals surface area contributed by atoms with Gasteiger partial charge in [-0.3, -0.25) is 14.7 Å². The number of rotatable bonds is 4. The van der Waals surface area contributed by atoms with Crippen molar-refractivity contribution in [2.45, 2.75) is 19.9 Å². The first-order chi connectivity index (χ1) is 8.65. The van der Waals surface area contributed by atoms with Crippen molar-refractivity contribution in [3.05, 3.63) is 46.5 Å². The minimum absolute atomic E-state index is 0.110. The third-order valence-electron chi connectivity index (χ3n) is 2.45. The molecule has 0 spiro atoms. The molecule has 2 aromatic heterocycles. The highest BCUT2D eigenvalue weighted by Gasteiger charge is 2.05. The summed E-state index contributed by atoms with van der Waals surface area (Å²) < 4.78 is 1.50. The standard InChI is InChI=1S/C12H14N4O2/c1-9-8-10(15-14-9)13-11(17)5-7-16-6-3-2-4-12(16)18/h2-4,6,8H,5,7H2,1H3,(H2,13,14,15,17). The normalized spacial score (nSPS) is 10.3. The van der Waals surface area contributed by atoms with E-state index in [2.05, 4.69) is 15.5 Å². The van der Waals surface area contributed by atoms with E-state index in [-0.39, 0.29) is 17.9 Å². The van der Waals surface area contributed by atoms with Crippen LogP contribution in [0.4, 0.5) is 5.82 Å². The van der Waals surface area contributed by atoms with Crippen LogP contribution in [0, 0.1) is 6.92 Å². The summed E-state index contributed by atoms with van der Waals surface area (Å²) in [6, 6.07) is 6.64. The Hall–Kier alpha value is -2.37. The van der Waals surface area contributed by atoms with E-state index in [0.717, 1.165) is 5.69 Å². The molecule has 2 rings (SSSR count). The number of amides is 1. The van der Waals surface area contributed by atoms with Crippen molar-refractivity contribution in [3.8, 4) is 0 Å². The van der Waals surface area contributed by atoms with Gasteiger partial charge in [-0.15, -0.1) is 0 Å². The van der Waals surface area contributed by atoms with Gasteiger partial charge in [-0.05, 0) is 13.0 Å². The number of H-pyrrole nitrogens is 1. The van der Waals surface area contributed by atoms with Gasteiger partial charge in [0, 0.05) is 37.0 Å². The Labute approximate surface area is 104 Å². The van der Waals surface area contributed by atoms with Gasteiger partial charge in [0.05, 0.1) is 0 Å². The largest absolute Gasteiger partial charge is 0.315 e. The van der Waals surface area contributed by atoms with Crippen LogP contribution in [-0.4, -0.2) is 20.7 Å². The second-order valence-electron chi connectivity index (χ2n) is 3.97. The Kier molecular flexibility index (Phi) is 3.57. The molecular weight excluding hydrogens is 232 g/mol. The van der Waals surface area contributed by atoms with Crippen molar-refractivity contribution < 1.29 is 4.79 Å². The van der Waals surface area contributed by atoms with E-state index in [1.807, 2.05) is 6.92 Å². The molecule has 2 N–H and O–H groups in total. The highest BCUT2D eigenvalue weighted by atomic mass is 16.2. The van der Waals surface area contributed by atoms with Gasteiger partial charge < -0.3 is 9.88 Å². The second kappa shape index (κ2) is 5.31. The Balaban J connectivity index is 1.89. The first-order valence-corrected chi connectivity index (χ1v) is 5.62. The Morgan fingerprint density at radius 1 is 1.50 bits per heavy atom. The molecule has 0 aliphatic rings. The van der Waals surface area contributed by atoms with Crippen LogP contribution in [0.1, 0.15) is 12.1 Å². The molecule has 0 aromatic carbocycles. The van der Waals surface area contributed by atoms with Crippen LogP contribution in [0.2, 0.25) is 0 Å². The molecule has 0 aliphatic carbocycles. The summed E-state index contributed by atoms with van der Waals surface area (Å²) in [5.74, 6) is 0.329. The predicted molar refractivity (Wildman–Crippen MR) is 67.3 cm³/mol. The molecule has 6 heteroatoms. The Morgan fingerprint density at radius 2 is 2.33 bits per heavy atom. The van der Waals surface area contributed by atoms with Crippen LogP contribution in [-0.2, 0) is 11.3 Å². The quantitative estimate of drug-likeness (QED) is 0.841. The van der Waals surface area contributed by atoms with Gasteiger partial charge in [-0.2, -0.15) is 5.10 Å². The minimum Gasteiger partial charge on any atom is -0.315 e. The summed E-state index contributed by atoms with van der Waals surface area (Å²) in [6.07, 6.45) is 1.89. The highest BCUT2D eigenvalue weighted by Crippen LogP contribution is 2.04. The van der Waals surface area contributed by atoms with Gasteiger partial charge in [0.2, 0.25) is 5.91 Å². The topological polar surface area (TPSA) is 79.8 Å². The van der Waals surface area contributed by atoms with Crippen LogP contribution in [0.15, 0.2) is 35.3 Å². The lowest BCUT2D eigenvalue weighted by molar-refractivity contribution is -0.116. The lowest BCUT2D eigenvalue weighted by Gasteiger charge is -2.04. The maximum absolute atomic E-state index is 11.6. The van der Waals surface area contributed by atoms with Crippen molar-refractivity contribution in [1.82, 2.24) is 14.8 Å². The zero-order valence-electron chi connectivity index (χ0n) is 10.0. The molecule has 18 heavy (non-hydrogen) atoms. The fraction of sp³-hybridized carbons (Fsp3) is 0.250. The van der Waals surface area contributed by atoms with Crippen LogP contribution in [0.25, 0.3) is 0 Å². The number of pyridine rings is 1. The molecule has 0 bridgehead atoms. The molecule has 0 atom stereocenters. The van der Waals surface area contributed by atoms with E-state index in [1.54, 1.807) is 24.4 Å². The number of nitrogens with zero attached hydrogens (tertiary/aromatic N) is 2. The number of aryl methyl sites for hydroxylation is 2. The third kappa shape index (κ3) is 3.07. The van der Waals surface area contributed by atoms with Gasteiger partial charge in [-0.1, -0.05) is 6.07 Å². The summed E-state index contributed by atoms with van der Waals surface area (Å²) in [6.45, 7) is 2.21. The van der Waals surface area contributed by atoms with Gasteiger partial charge in [-0.25, -0.2) is 0 Å². The Morgan fingerprint density at radius 3 is 3.00 bits per heavy atom. The second-order valence-corrected chi connectivity index (χ2v) is 3.97. The van der Waals surface area contributed by atoms with Crippen molar-refractivity contribution in [3.63, 3.8) is 0 Å². The van der Waals surface area contributed by atoms with E-state index in [9.17, 15) is 9.59 Å². The molecule has 0 saturated heterocycles. The van der Waals surface area contributed by atoms with Gasteiger partial charge >= 0.3 is 0 Å². The van der Waals surface area contributed by atoms with E-state index >= 15 is 0 Å². The number of hydrogen-bond donors (Lipinski definition) is 2. The third-order valence-corrected chi connectivity index (χ3v) is 2.45. The summed E-state index contributed by atoms with van der Waals surface area (Å²) in [5.41, 5.74) is 0.769. The monoisotopic (exact) mass is 246 g/mol. The van der Waals surface area contributed by atoms with Gasteiger partial charge in [0.1, 0.15) is 0 Å². The first kappa shape index (κ1) is 12.1. The Bertz CT molecular complexity index is 600. The fourth-order valence-electron chi connectivity index (χ4n) is 1.55. The smallest absolute Gasteiger partial charge is 0.250 e. The maximum Gasteiger partial charge on any atom is 0.250 e. The van der Waals surface area contributed by atoms with E-state index in [0.29, 0.717) is 12.4 Å². The number of hydrogen-bond acceptors (Lipinski definition) is 3. The minimum atomic E-state index is -0.169. The van der Waals surface area contributed by atoms with E-state index in [4.69, 9.17) is 0 Å². The van der Waals surface area contributed by atoms with Gasteiger partial charge in [0.15, 0.2) is 5.82 Å². The number of carbonyl (C=O) groups is 1. The molecule has 0 radical (unpaired) electrons. The SMILES string of the molecule is Cc1cc(NC(=O)CCn2ccccc2=O)n[nH]1. The highest BCUT2D eigenvalue weighted by molar-refractivity contribution is 5.89. The van der Waals surface area contributed by atoms with Crippen LogP contribution >= 0.6 is 0 Å². The fourth-order valence-corrected chi connectivity index (χ4v) is 1.55. The molecule has 1 amide bonds. The molecule has 0 unspecified atom stereocenters. The molecule has 2 heterocycles. The summed E-state index contributed by atoms with van der Waals surface area (Å²) in [5, 5.41) is 9.30. The lowest BCUT2D eigenvalue weighted by atomic mass is 10.3. The molecule has 0 aliphatic heterocycles. The zero-order chi connectivity index (χ0) is 13.0. The van der Waals surface area contributed by atoms with Crippen molar-refractivity contribution in [2.75, 3.05) is 5.32 Å². The summed E-state index contributed by atoms with van der Waals surface area (Å²) in [4.78, 5) is 23.0. The van der Waals surface area contributed by atoms with Crippen molar-refractivity contribution in [1.29, 1.82) is 0 Å². The zero-order valence-corrected chi connectivity index (χ0v) is 10.0. The van der Waals surface area contributed by atoms with Crippen LogP contribution in [0.3, 0.4) is 0 Å². The lowest BCUT2D eigenvalue weighted by Crippen LogP contribution is -2.21. The van der Waals surface area contributed by atoms with Crippen molar-refractivity contribution >= 4 is 11.7 Å². The number of aromatic amines is 1. The molecule has 0 fully saturated rings. The summed E-state index contributed by atoms with van der Waals surface area (Å²) in [7, 11) is 0. The molecule has 94 valence electrons. The number of nitrogens with one attached hydrogen (secondary N) is 2. The summed E-state index contributed by atoms with van der Waals surface area (Å²) >= 11 is 0. The number of aromatic nitrogens is 3. The van der Waals surface area contributed by atoms with E-state index in [1.165, 1.54) is 10.6 Å². The maximum atomic E-state index is 11.6. The van der Waals surface area contributed by atoms with Crippen molar-refractivity contribution in [2.24, 2.45) is 0 Å². The average Bonchev–Trinajstić information content (AvgIpc) is 2.74. The first-order valence-electron chi connectivity index (χ1n) is 5.62. The average molecular weight is 246 g/mol. The molecule has 0 saturated carbocycles. The molecular formula is C12H14N4O2.